The minimum absolute atomic E-state index is 0.0291. The second-order valence-corrected chi connectivity index (χ2v) is 12.7. The monoisotopic (exact) mass is 612 g/mol. The lowest BCUT2D eigenvalue weighted by Crippen LogP contribution is -2.38. The Morgan fingerprint density at radius 3 is 1.68 bits per heavy atom. The van der Waals surface area contributed by atoms with Gasteiger partial charge in [-0.25, -0.2) is 9.59 Å². The van der Waals surface area contributed by atoms with Gasteiger partial charge in [-0.1, -0.05) is 45.4 Å². The van der Waals surface area contributed by atoms with Crippen LogP contribution in [0.25, 0.3) is 0 Å². The van der Waals surface area contributed by atoms with Crippen molar-refractivity contribution in [2.24, 2.45) is 5.92 Å². The Labute approximate surface area is 230 Å². The molecule has 0 radical (unpaired) electrons. The number of imide groups is 2. The summed E-state index contributed by atoms with van der Waals surface area (Å²) < 4.78 is 63.0. The van der Waals surface area contributed by atoms with Crippen LogP contribution in [0, 0.1) is 5.92 Å². The summed E-state index contributed by atoms with van der Waals surface area (Å²) >= 11 is 0. The summed E-state index contributed by atoms with van der Waals surface area (Å²) in [5.41, 5.74) is 0. The number of hydrogen-bond donors (Lipinski definition) is 2. The highest BCUT2D eigenvalue weighted by molar-refractivity contribution is 7.87. The van der Waals surface area contributed by atoms with Crippen LogP contribution < -0.4 is 0 Å². The molecular formula is C22H32N2O14S2. The normalized spacial score (nSPS) is 20.8. The van der Waals surface area contributed by atoms with Crippen LogP contribution in [-0.2, 0) is 58.7 Å². The molecule has 2 saturated heterocycles. The first-order valence-electron chi connectivity index (χ1n) is 12.7. The summed E-state index contributed by atoms with van der Waals surface area (Å²) in [6.07, 6.45) is 2.90. The zero-order valence-corrected chi connectivity index (χ0v) is 23.4. The van der Waals surface area contributed by atoms with E-state index in [9.17, 15) is 45.6 Å². The van der Waals surface area contributed by atoms with Gasteiger partial charge in [-0.05, 0) is 19.3 Å². The fourth-order valence-corrected chi connectivity index (χ4v) is 5.58. The fraction of sp³-hybridized carbons (Fsp3) is 0.727. The number of nitrogens with zero attached hydrogens (tertiary/aromatic N) is 2. The Hall–Kier alpha value is -2.96. The fourth-order valence-electron chi connectivity index (χ4n) is 4.17. The van der Waals surface area contributed by atoms with Crippen LogP contribution in [0.4, 0.5) is 0 Å². The van der Waals surface area contributed by atoms with Crippen molar-refractivity contribution in [2.75, 3.05) is 0 Å². The molecule has 0 aliphatic carbocycles. The van der Waals surface area contributed by atoms with Crippen molar-refractivity contribution in [3.8, 4) is 0 Å². The van der Waals surface area contributed by atoms with Gasteiger partial charge in [-0.3, -0.25) is 28.3 Å². The minimum Gasteiger partial charge on any atom is -0.330 e. The Bertz CT molecular complexity index is 1230. The molecular weight excluding hydrogens is 580 g/mol. The third-order valence-electron chi connectivity index (χ3n) is 6.39. The van der Waals surface area contributed by atoms with Gasteiger partial charge >= 0.3 is 11.9 Å². The molecule has 2 rings (SSSR count). The molecule has 18 heteroatoms. The van der Waals surface area contributed by atoms with Crippen LogP contribution in [0.3, 0.4) is 0 Å². The van der Waals surface area contributed by atoms with Crippen molar-refractivity contribution in [1.82, 2.24) is 10.1 Å². The van der Waals surface area contributed by atoms with E-state index < -0.39 is 85.1 Å². The predicted molar refractivity (Wildman–Crippen MR) is 131 cm³/mol. The molecule has 3 unspecified atom stereocenters. The van der Waals surface area contributed by atoms with E-state index in [2.05, 4.69) is 4.84 Å². The second kappa shape index (κ2) is 14.1. The van der Waals surface area contributed by atoms with Gasteiger partial charge in [0.1, 0.15) is 0 Å². The number of carbonyl (C=O) groups is 6. The lowest BCUT2D eigenvalue weighted by atomic mass is 9.95. The van der Waals surface area contributed by atoms with Crippen molar-refractivity contribution in [3.63, 3.8) is 0 Å². The molecule has 2 fully saturated rings. The van der Waals surface area contributed by atoms with Gasteiger partial charge in [0, 0.05) is 6.42 Å². The first-order chi connectivity index (χ1) is 18.6. The molecule has 0 bridgehead atoms. The van der Waals surface area contributed by atoms with Gasteiger partial charge in [0.15, 0.2) is 10.5 Å². The maximum atomic E-state index is 12.7. The predicted octanol–water partition coefficient (Wildman–Crippen LogP) is 0.471. The molecule has 0 spiro atoms. The highest BCUT2D eigenvalue weighted by Crippen LogP contribution is 2.25. The summed E-state index contributed by atoms with van der Waals surface area (Å²) in [5.74, 6) is -7.38. The summed E-state index contributed by atoms with van der Waals surface area (Å²) in [5, 5.41) is -3.94. The molecule has 226 valence electrons. The van der Waals surface area contributed by atoms with E-state index >= 15 is 0 Å². The average Bonchev–Trinajstić information content (AvgIpc) is 3.30. The number of hydroxylamine groups is 4. The molecule has 3 atom stereocenters. The first-order valence-corrected chi connectivity index (χ1v) is 15.7. The maximum Gasteiger partial charge on any atom is 0.336 e. The van der Waals surface area contributed by atoms with E-state index in [-0.39, 0.29) is 23.0 Å². The molecule has 0 aromatic rings. The van der Waals surface area contributed by atoms with Crippen molar-refractivity contribution in [1.29, 1.82) is 0 Å². The third-order valence-corrected chi connectivity index (χ3v) is 8.57. The lowest BCUT2D eigenvalue weighted by Gasteiger charge is -2.19. The summed E-state index contributed by atoms with van der Waals surface area (Å²) in [6.45, 7) is 1.96. The quantitative estimate of drug-likeness (QED) is 0.137. The van der Waals surface area contributed by atoms with E-state index in [0.29, 0.717) is 38.5 Å². The van der Waals surface area contributed by atoms with E-state index in [4.69, 9.17) is 13.9 Å². The summed E-state index contributed by atoms with van der Waals surface area (Å²) in [4.78, 5) is 82.0. The smallest absolute Gasteiger partial charge is 0.330 e. The largest absolute Gasteiger partial charge is 0.336 e. The molecule has 16 nitrogen and oxygen atoms in total. The number of unbranched alkanes of at least 4 members (excludes halogenated alkanes) is 5. The molecule has 2 aliphatic heterocycles. The van der Waals surface area contributed by atoms with Crippen molar-refractivity contribution >= 4 is 55.8 Å². The molecule has 0 saturated carbocycles. The Morgan fingerprint density at radius 2 is 1.23 bits per heavy atom. The van der Waals surface area contributed by atoms with Crippen LogP contribution in [0.1, 0.15) is 84.0 Å². The summed E-state index contributed by atoms with van der Waals surface area (Å²) in [6, 6.07) is 0. The SMILES string of the molecule is CCCCCC(CCCCCCC(=O)ON1C(=O)CC(S(=O)(=O)O)C1=O)C(=O)ON1C(=O)CC(S(=O)(=O)O)C1=O. The topological polar surface area (TPSA) is 236 Å². The van der Waals surface area contributed by atoms with Crippen molar-refractivity contribution in [2.45, 2.75) is 94.5 Å². The average molecular weight is 613 g/mol. The van der Waals surface area contributed by atoms with E-state index in [0.717, 1.165) is 12.8 Å². The first kappa shape index (κ1) is 33.2. The van der Waals surface area contributed by atoms with Crippen molar-refractivity contribution in [3.05, 3.63) is 0 Å². The highest BCUT2D eigenvalue weighted by Gasteiger charge is 2.49. The van der Waals surface area contributed by atoms with Crippen LogP contribution >= 0.6 is 0 Å². The minimum atomic E-state index is -4.85. The van der Waals surface area contributed by atoms with E-state index in [1.807, 2.05) is 6.92 Å². The number of amides is 4. The van der Waals surface area contributed by atoms with Gasteiger partial charge in [-0.15, -0.1) is 10.1 Å². The molecule has 40 heavy (non-hydrogen) atoms. The highest BCUT2D eigenvalue weighted by atomic mass is 32.2. The molecule has 2 aliphatic rings. The van der Waals surface area contributed by atoms with Crippen molar-refractivity contribution < 1.29 is 64.4 Å². The van der Waals surface area contributed by atoms with Gasteiger partial charge in [0.05, 0.1) is 18.8 Å². The van der Waals surface area contributed by atoms with Gasteiger partial charge in [0.25, 0.3) is 43.9 Å². The molecule has 4 amide bonds. The van der Waals surface area contributed by atoms with Crippen LogP contribution in [0.2, 0.25) is 0 Å². The van der Waals surface area contributed by atoms with Crippen LogP contribution in [0.15, 0.2) is 0 Å². The van der Waals surface area contributed by atoms with E-state index in [1.165, 1.54) is 0 Å². The summed E-state index contributed by atoms with van der Waals surface area (Å²) in [7, 11) is -9.68. The lowest BCUT2D eigenvalue weighted by molar-refractivity contribution is -0.201. The maximum absolute atomic E-state index is 12.7. The second-order valence-electron chi connectivity index (χ2n) is 9.49. The van der Waals surface area contributed by atoms with Gasteiger partial charge < -0.3 is 9.68 Å². The molecule has 2 heterocycles. The van der Waals surface area contributed by atoms with Crippen LogP contribution in [-0.4, -0.2) is 82.1 Å². The Kier molecular flexibility index (Phi) is 11.7. The number of carbonyl (C=O) groups excluding carboxylic acids is 6. The third kappa shape index (κ3) is 9.03. The zero-order chi connectivity index (χ0) is 30.3. The zero-order valence-electron chi connectivity index (χ0n) is 21.7. The number of rotatable bonds is 16. The Morgan fingerprint density at radius 1 is 0.775 bits per heavy atom. The van der Waals surface area contributed by atoms with Gasteiger partial charge in [-0.2, -0.15) is 16.8 Å². The standard InChI is InChI=1S/C22H32N2O14S2/c1-2-3-6-9-14(22(30)38-24-18(26)13-16(21(24)29)40(34,35)36)10-7-4-5-8-11-19(27)37-23-17(25)12-15(20(23)28)39(31,32)33/h14-16H,2-13H2,1H3,(H,31,32,33)(H,34,35,36). The molecule has 0 aromatic carbocycles. The van der Waals surface area contributed by atoms with E-state index in [1.54, 1.807) is 0 Å². The Balaban J connectivity index is 1.80. The molecule has 2 N–H and O–H groups in total. The molecule has 0 aromatic heterocycles. The number of hydrogen-bond acceptors (Lipinski definition) is 12. The van der Waals surface area contributed by atoms with Crippen LogP contribution in [0.5, 0.6) is 0 Å². The van der Waals surface area contributed by atoms with Gasteiger partial charge in [0.2, 0.25) is 0 Å².